The van der Waals surface area contributed by atoms with E-state index in [1.165, 1.54) is 0 Å². The van der Waals surface area contributed by atoms with Crippen LogP contribution in [0.15, 0.2) is 36.4 Å². The first kappa shape index (κ1) is 13.3. The van der Waals surface area contributed by atoms with E-state index in [1.807, 2.05) is 0 Å². The van der Waals surface area contributed by atoms with Gasteiger partial charge in [-0.3, -0.25) is 9.59 Å². The monoisotopic (exact) mass is 282 g/mol. The van der Waals surface area contributed by atoms with E-state index < -0.39 is 0 Å². The summed E-state index contributed by atoms with van der Waals surface area (Å²) < 4.78 is 0. The second-order valence-electron chi connectivity index (χ2n) is 4.70. The van der Waals surface area contributed by atoms with Crippen molar-refractivity contribution in [3.63, 3.8) is 0 Å². The van der Waals surface area contributed by atoms with Gasteiger partial charge >= 0.3 is 0 Å². The summed E-state index contributed by atoms with van der Waals surface area (Å²) in [5, 5.41) is 14.7. The number of anilines is 2. The van der Waals surface area contributed by atoms with Gasteiger partial charge in [-0.25, -0.2) is 0 Å². The molecule has 0 amide bonds. The molecule has 5 nitrogen and oxygen atoms in total. The topological polar surface area (TPSA) is 78.4 Å². The van der Waals surface area contributed by atoms with E-state index in [0.29, 0.717) is 33.6 Å². The predicted octanol–water partition coefficient (Wildman–Crippen LogP) is 1.87. The summed E-state index contributed by atoms with van der Waals surface area (Å²) in [5.41, 5.74) is 2.51. The smallest absolute Gasteiger partial charge is 0.196 e. The number of fused-ring (bicyclic) bond motifs is 2. The average molecular weight is 282 g/mol. The molecule has 0 spiro atoms. The largest absolute Gasteiger partial charge is 0.388 e. The van der Waals surface area contributed by atoms with Crippen LogP contribution in [0.25, 0.3) is 0 Å². The highest BCUT2D eigenvalue weighted by Crippen LogP contribution is 2.36. The third-order valence-corrected chi connectivity index (χ3v) is 3.61. The highest BCUT2D eigenvalue weighted by atomic mass is 16.3. The van der Waals surface area contributed by atoms with Crippen molar-refractivity contribution >= 4 is 22.9 Å². The summed E-state index contributed by atoms with van der Waals surface area (Å²) in [6.07, 6.45) is 0. The summed E-state index contributed by atoms with van der Waals surface area (Å²) in [6.45, 7) is -0.311. The Balaban J connectivity index is 2.32. The van der Waals surface area contributed by atoms with Crippen LogP contribution < -0.4 is 10.6 Å². The van der Waals surface area contributed by atoms with Crippen LogP contribution in [0, 0.1) is 0 Å². The Labute approximate surface area is 121 Å². The Kier molecular flexibility index (Phi) is 3.19. The van der Waals surface area contributed by atoms with Gasteiger partial charge in [0.1, 0.15) is 6.73 Å². The minimum Gasteiger partial charge on any atom is -0.388 e. The Morgan fingerprint density at radius 2 is 1.43 bits per heavy atom. The fourth-order valence-electron chi connectivity index (χ4n) is 2.66. The third kappa shape index (κ3) is 1.90. The lowest BCUT2D eigenvalue weighted by atomic mass is 9.82. The molecule has 21 heavy (non-hydrogen) atoms. The maximum Gasteiger partial charge on any atom is 0.196 e. The second kappa shape index (κ2) is 5.03. The lowest BCUT2D eigenvalue weighted by Gasteiger charge is -2.22. The molecular formula is C16H14N2O3. The molecular weight excluding hydrogens is 268 g/mol. The molecule has 0 radical (unpaired) electrons. The lowest BCUT2D eigenvalue weighted by Crippen LogP contribution is -2.24. The molecule has 1 aliphatic carbocycles. The first-order valence-corrected chi connectivity index (χ1v) is 6.57. The predicted molar refractivity (Wildman–Crippen MR) is 80.0 cm³/mol. The quantitative estimate of drug-likeness (QED) is 0.639. The van der Waals surface area contributed by atoms with Crippen molar-refractivity contribution in [2.45, 2.75) is 0 Å². The number of hydrogen-bond acceptors (Lipinski definition) is 5. The second-order valence-corrected chi connectivity index (χ2v) is 4.70. The fourth-order valence-corrected chi connectivity index (χ4v) is 2.66. The molecule has 0 fully saturated rings. The minimum atomic E-state index is -0.311. The number of nitrogens with one attached hydrogen (secondary N) is 2. The molecule has 0 unspecified atom stereocenters. The number of aliphatic hydroxyl groups is 1. The van der Waals surface area contributed by atoms with Crippen LogP contribution >= 0.6 is 0 Å². The zero-order valence-corrected chi connectivity index (χ0v) is 11.4. The van der Waals surface area contributed by atoms with Crippen LogP contribution in [0.5, 0.6) is 0 Å². The van der Waals surface area contributed by atoms with E-state index in [-0.39, 0.29) is 18.3 Å². The molecule has 0 saturated heterocycles. The summed E-state index contributed by atoms with van der Waals surface area (Å²) in [4.78, 5) is 25.4. The molecule has 3 rings (SSSR count). The molecule has 0 heterocycles. The fraction of sp³-hybridized carbons (Fsp3) is 0.125. The molecule has 0 aromatic heterocycles. The van der Waals surface area contributed by atoms with Crippen molar-refractivity contribution in [2.24, 2.45) is 0 Å². The SMILES string of the molecule is CNc1ccc(NCO)c2c1C(=O)c1ccccc1C2=O. The van der Waals surface area contributed by atoms with Crippen LogP contribution in [0.1, 0.15) is 31.8 Å². The zero-order valence-electron chi connectivity index (χ0n) is 11.4. The van der Waals surface area contributed by atoms with Crippen molar-refractivity contribution in [3.05, 3.63) is 58.7 Å². The lowest BCUT2D eigenvalue weighted by molar-refractivity contribution is 0.0980. The first-order valence-electron chi connectivity index (χ1n) is 6.57. The highest BCUT2D eigenvalue weighted by Gasteiger charge is 2.33. The molecule has 106 valence electrons. The molecule has 1 aliphatic rings. The number of carbonyl (C=O) groups excluding carboxylic acids is 2. The Morgan fingerprint density at radius 3 is 1.95 bits per heavy atom. The van der Waals surface area contributed by atoms with Crippen molar-refractivity contribution in [2.75, 3.05) is 24.4 Å². The van der Waals surface area contributed by atoms with Gasteiger partial charge < -0.3 is 15.7 Å². The van der Waals surface area contributed by atoms with Gasteiger partial charge in [-0.05, 0) is 12.1 Å². The average Bonchev–Trinajstić information content (AvgIpc) is 2.52. The summed E-state index contributed by atoms with van der Waals surface area (Å²) in [7, 11) is 1.70. The normalized spacial score (nSPS) is 12.7. The Morgan fingerprint density at radius 1 is 0.905 bits per heavy atom. The van der Waals surface area contributed by atoms with Crippen molar-refractivity contribution in [3.8, 4) is 0 Å². The molecule has 0 aliphatic heterocycles. The number of ketones is 2. The van der Waals surface area contributed by atoms with Crippen LogP contribution in [0.4, 0.5) is 11.4 Å². The summed E-state index contributed by atoms with van der Waals surface area (Å²) in [6, 6.07) is 10.2. The molecule has 3 N–H and O–H groups in total. The molecule has 5 heteroatoms. The van der Waals surface area contributed by atoms with E-state index in [9.17, 15) is 9.59 Å². The van der Waals surface area contributed by atoms with Gasteiger partial charge in [0.05, 0.1) is 11.1 Å². The summed E-state index contributed by atoms with van der Waals surface area (Å²) in [5.74, 6) is -0.403. The molecule has 0 atom stereocenters. The van der Waals surface area contributed by atoms with Gasteiger partial charge in [0, 0.05) is 29.5 Å². The van der Waals surface area contributed by atoms with Crippen LogP contribution in [0.3, 0.4) is 0 Å². The van der Waals surface area contributed by atoms with Crippen molar-refractivity contribution in [1.29, 1.82) is 0 Å². The standard InChI is InChI=1S/C16H14N2O3/c1-17-11-6-7-12(18-8-19)14-13(11)15(20)9-4-2-3-5-10(9)16(14)21/h2-7,17-19H,8H2,1H3. The third-order valence-electron chi connectivity index (χ3n) is 3.61. The van der Waals surface area contributed by atoms with E-state index in [4.69, 9.17) is 5.11 Å². The van der Waals surface area contributed by atoms with Crippen LogP contribution in [-0.4, -0.2) is 30.5 Å². The number of aliphatic hydroxyl groups excluding tert-OH is 1. The maximum atomic E-state index is 12.7. The number of carbonyl (C=O) groups is 2. The van der Waals surface area contributed by atoms with Crippen LogP contribution in [-0.2, 0) is 0 Å². The molecule has 2 aromatic carbocycles. The summed E-state index contributed by atoms with van der Waals surface area (Å²) >= 11 is 0. The van der Waals surface area contributed by atoms with E-state index >= 15 is 0 Å². The van der Waals surface area contributed by atoms with E-state index in [0.717, 1.165) is 0 Å². The van der Waals surface area contributed by atoms with Gasteiger partial charge in [0.2, 0.25) is 0 Å². The van der Waals surface area contributed by atoms with Gasteiger partial charge in [0.25, 0.3) is 0 Å². The van der Waals surface area contributed by atoms with Crippen molar-refractivity contribution < 1.29 is 14.7 Å². The van der Waals surface area contributed by atoms with Gasteiger partial charge in [-0.15, -0.1) is 0 Å². The molecule has 2 aromatic rings. The minimum absolute atomic E-state index is 0.189. The van der Waals surface area contributed by atoms with E-state index in [1.54, 1.807) is 43.4 Å². The first-order chi connectivity index (χ1) is 10.2. The Bertz CT molecular complexity index is 753. The Hall–Kier alpha value is -2.66. The maximum absolute atomic E-state index is 12.7. The molecule has 0 bridgehead atoms. The van der Waals surface area contributed by atoms with E-state index in [2.05, 4.69) is 10.6 Å². The zero-order chi connectivity index (χ0) is 15.0. The van der Waals surface area contributed by atoms with Gasteiger partial charge in [-0.2, -0.15) is 0 Å². The number of benzene rings is 2. The van der Waals surface area contributed by atoms with Crippen LogP contribution in [0.2, 0.25) is 0 Å². The van der Waals surface area contributed by atoms with Gasteiger partial charge in [0.15, 0.2) is 11.6 Å². The number of rotatable bonds is 3. The highest BCUT2D eigenvalue weighted by molar-refractivity contribution is 6.31. The van der Waals surface area contributed by atoms with Gasteiger partial charge in [-0.1, -0.05) is 24.3 Å². The van der Waals surface area contributed by atoms with Crippen molar-refractivity contribution in [1.82, 2.24) is 0 Å². The number of hydrogen-bond donors (Lipinski definition) is 3. The molecule has 0 saturated carbocycles.